The summed E-state index contributed by atoms with van der Waals surface area (Å²) in [6.07, 6.45) is 0.788. The van der Waals surface area contributed by atoms with Crippen molar-refractivity contribution in [3.63, 3.8) is 0 Å². The van der Waals surface area contributed by atoms with E-state index in [1.807, 2.05) is 19.9 Å². The molecule has 0 radical (unpaired) electrons. The average Bonchev–Trinajstić information content (AvgIpc) is 2.42. The average molecular weight is 283 g/mol. The van der Waals surface area contributed by atoms with Gasteiger partial charge in [-0.2, -0.15) is 0 Å². The highest BCUT2D eigenvalue weighted by Gasteiger charge is 2.11. The molecule has 0 aliphatic rings. The van der Waals surface area contributed by atoms with Crippen molar-refractivity contribution in [2.75, 3.05) is 0 Å². The van der Waals surface area contributed by atoms with Gasteiger partial charge in [0.1, 0.15) is 11.4 Å². The predicted octanol–water partition coefficient (Wildman–Crippen LogP) is 5.12. The van der Waals surface area contributed by atoms with Gasteiger partial charge < -0.3 is 5.11 Å². The number of rotatable bonds is 4. The molecule has 21 heavy (non-hydrogen) atoms. The molecule has 0 aliphatic carbocycles. The van der Waals surface area contributed by atoms with Gasteiger partial charge >= 0.3 is 0 Å². The number of hydrogen-bond acceptors (Lipinski definition) is 3. The third-order valence-corrected chi connectivity index (χ3v) is 3.87. The molecule has 2 aromatic rings. The molecule has 110 valence electrons. The lowest BCUT2D eigenvalue weighted by Gasteiger charge is -2.13. The fourth-order valence-corrected chi connectivity index (χ4v) is 2.71. The van der Waals surface area contributed by atoms with Crippen LogP contribution in [0.25, 0.3) is 0 Å². The molecule has 0 heterocycles. The monoisotopic (exact) mass is 283 g/mol. The lowest BCUT2D eigenvalue weighted by Crippen LogP contribution is -1.97. The van der Waals surface area contributed by atoms with Gasteiger partial charge in [0.25, 0.3) is 0 Å². The van der Waals surface area contributed by atoms with Crippen molar-refractivity contribution >= 4 is 5.69 Å². The molecule has 1 N–H and O–H groups in total. The van der Waals surface area contributed by atoms with E-state index >= 15 is 0 Å². The summed E-state index contributed by atoms with van der Waals surface area (Å²) in [5.74, 6) is 0.566. The molecule has 3 nitrogen and oxygen atoms in total. The third-order valence-electron chi connectivity index (χ3n) is 3.87. The molecular weight excluding hydrogens is 262 g/mol. The zero-order valence-corrected chi connectivity index (χ0v) is 13.0. The van der Waals surface area contributed by atoms with E-state index in [9.17, 15) is 10.0 Å². The molecule has 0 saturated carbocycles. The maximum Gasteiger partial charge on any atom is 0.116 e. The number of phenolic OH excluding ortho intramolecular Hbond substituents is 1. The van der Waals surface area contributed by atoms with Crippen molar-refractivity contribution in [2.24, 2.45) is 5.18 Å². The van der Waals surface area contributed by atoms with Crippen LogP contribution in [0.15, 0.2) is 35.5 Å². The van der Waals surface area contributed by atoms with E-state index in [0.717, 1.165) is 28.7 Å². The maximum absolute atomic E-state index is 10.9. The van der Waals surface area contributed by atoms with Crippen LogP contribution in [-0.4, -0.2) is 5.11 Å². The summed E-state index contributed by atoms with van der Waals surface area (Å²) in [4.78, 5) is 10.9. The van der Waals surface area contributed by atoms with E-state index in [4.69, 9.17) is 0 Å². The number of nitrogens with zero attached hydrogens (tertiary/aromatic N) is 1. The summed E-state index contributed by atoms with van der Waals surface area (Å²) in [5.41, 5.74) is 6.04. The van der Waals surface area contributed by atoms with Crippen LogP contribution in [0.5, 0.6) is 5.75 Å². The van der Waals surface area contributed by atoms with Crippen LogP contribution < -0.4 is 0 Å². The molecule has 0 bridgehead atoms. The fraction of sp³-hybridized carbons (Fsp3) is 0.333. The Hall–Kier alpha value is -2.16. The molecule has 0 atom stereocenters. The molecular formula is C18H21NO2. The number of phenols is 1. The molecule has 2 aromatic carbocycles. The van der Waals surface area contributed by atoms with E-state index in [2.05, 4.69) is 25.1 Å². The first-order valence-corrected chi connectivity index (χ1v) is 7.17. The summed E-state index contributed by atoms with van der Waals surface area (Å²) in [6.45, 7) is 8.13. The van der Waals surface area contributed by atoms with Crippen molar-refractivity contribution in [3.8, 4) is 5.75 Å². The van der Waals surface area contributed by atoms with Gasteiger partial charge in [-0.3, -0.25) is 0 Å². The Kier molecular flexibility index (Phi) is 4.41. The van der Waals surface area contributed by atoms with Crippen LogP contribution in [0.3, 0.4) is 0 Å². The molecule has 0 unspecified atom stereocenters. The molecule has 2 rings (SSSR count). The van der Waals surface area contributed by atoms with E-state index < -0.39 is 0 Å². The Balaban J connectivity index is 2.41. The van der Waals surface area contributed by atoms with Crippen LogP contribution in [-0.2, 0) is 6.42 Å². The Morgan fingerprint density at radius 2 is 1.71 bits per heavy atom. The van der Waals surface area contributed by atoms with Crippen molar-refractivity contribution in [1.82, 2.24) is 0 Å². The number of benzene rings is 2. The molecule has 0 spiro atoms. The Morgan fingerprint density at radius 1 is 1.10 bits per heavy atom. The molecule has 0 amide bonds. The zero-order valence-electron chi connectivity index (χ0n) is 13.0. The summed E-state index contributed by atoms with van der Waals surface area (Å²) < 4.78 is 0. The van der Waals surface area contributed by atoms with Gasteiger partial charge in [-0.05, 0) is 77.4 Å². The summed E-state index contributed by atoms with van der Waals surface area (Å²) in [5, 5.41) is 12.7. The smallest absolute Gasteiger partial charge is 0.116 e. The van der Waals surface area contributed by atoms with Gasteiger partial charge in [0, 0.05) is 0 Å². The minimum Gasteiger partial charge on any atom is -0.508 e. The van der Waals surface area contributed by atoms with Gasteiger partial charge in [0.05, 0.1) is 0 Å². The zero-order chi connectivity index (χ0) is 15.6. The topological polar surface area (TPSA) is 49.7 Å². The molecule has 0 fully saturated rings. The fourth-order valence-electron chi connectivity index (χ4n) is 2.71. The second-order valence-corrected chi connectivity index (χ2v) is 5.87. The van der Waals surface area contributed by atoms with Gasteiger partial charge in [-0.25, -0.2) is 0 Å². The van der Waals surface area contributed by atoms with Gasteiger partial charge in [0.2, 0.25) is 0 Å². The minimum absolute atomic E-state index is 0.264. The Labute approximate surface area is 125 Å². The third kappa shape index (κ3) is 3.30. The standard InChI is InChI=1S/C18H21NO2/c1-11(2)16-9-14(5-6-18(16)19-21)10-17-12(3)7-15(20)8-13(17)4/h5-9,11,20H,10H2,1-4H3. The minimum atomic E-state index is 0.264. The Bertz CT molecular complexity index is 652. The van der Waals surface area contributed by atoms with E-state index in [-0.39, 0.29) is 5.92 Å². The highest BCUT2D eigenvalue weighted by Crippen LogP contribution is 2.30. The number of nitroso groups, excluding NO2 is 1. The van der Waals surface area contributed by atoms with Crippen molar-refractivity contribution in [1.29, 1.82) is 0 Å². The first kappa shape index (κ1) is 15.2. The van der Waals surface area contributed by atoms with Gasteiger partial charge in [-0.15, -0.1) is 4.91 Å². The van der Waals surface area contributed by atoms with E-state index in [0.29, 0.717) is 11.4 Å². The largest absolute Gasteiger partial charge is 0.508 e. The second kappa shape index (κ2) is 6.08. The Morgan fingerprint density at radius 3 is 2.24 bits per heavy atom. The van der Waals surface area contributed by atoms with Crippen molar-refractivity contribution in [3.05, 3.63) is 63.1 Å². The second-order valence-electron chi connectivity index (χ2n) is 5.87. The number of aryl methyl sites for hydroxylation is 2. The molecule has 0 aromatic heterocycles. The van der Waals surface area contributed by atoms with Gasteiger partial charge in [-0.1, -0.05) is 26.0 Å². The lowest BCUT2D eigenvalue weighted by atomic mass is 9.92. The quantitative estimate of drug-likeness (QED) is 0.791. The predicted molar refractivity (Wildman–Crippen MR) is 86.4 cm³/mol. The van der Waals surface area contributed by atoms with E-state index in [1.54, 1.807) is 18.2 Å². The van der Waals surface area contributed by atoms with E-state index in [1.165, 1.54) is 5.56 Å². The lowest BCUT2D eigenvalue weighted by molar-refractivity contribution is 0.474. The van der Waals surface area contributed by atoms with Gasteiger partial charge in [0.15, 0.2) is 0 Å². The molecule has 3 heteroatoms. The van der Waals surface area contributed by atoms with Crippen LogP contribution in [0.2, 0.25) is 0 Å². The first-order chi connectivity index (χ1) is 9.92. The van der Waals surface area contributed by atoms with Crippen molar-refractivity contribution < 1.29 is 5.11 Å². The number of hydrogen-bond donors (Lipinski definition) is 1. The highest BCUT2D eigenvalue weighted by molar-refractivity contribution is 5.51. The van der Waals surface area contributed by atoms with Crippen LogP contribution in [0.1, 0.15) is 47.6 Å². The highest BCUT2D eigenvalue weighted by atomic mass is 16.3. The van der Waals surface area contributed by atoms with Crippen molar-refractivity contribution in [2.45, 2.75) is 40.0 Å². The molecule has 0 aliphatic heterocycles. The summed E-state index contributed by atoms with van der Waals surface area (Å²) in [7, 11) is 0. The maximum atomic E-state index is 10.9. The van der Waals surface area contributed by atoms with Crippen LogP contribution in [0.4, 0.5) is 5.69 Å². The van der Waals surface area contributed by atoms with Crippen LogP contribution in [0, 0.1) is 18.8 Å². The number of aromatic hydroxyl groups is 1. The normalized spacial score (nSPS) is 10.9. The summed E-state index contributed by atoms with van der Waals surface area (Å²) >= 11 is 0. The SMILES string of the molecule is Cc1cc(O)cc(C)c1Cc1ccc(N=O)c(C(C)C)c1. The first-order valence-electron chi connectivity index (χ1n) is 7.17. The van der Waals surface area contributed by atoms with Crippen LogP contribution >= 0.6 is 0 Å². The summed E-state index contributed by atoms with van der Waals surface area (Å²) in [6, 6.07) is 9.38. The molecule has 0 saturated heterocycles.